The Balaban J connectivity index is 1.98. The highest BCUT2D eigenvalue weighted by molar-refractivity contribution is 5.92. The molecule has 5 heteroatoms. The third-order valence-corrected chi connectivity index (χ3v) is 4.41. The highest BCUT2D eigenvalue weighted by Crippen LogP contribution is 2.42. The second-order valence-electron chi connectivity index (χ2n) is 6.10. The number of hydrogen-bond donors (Lipinski definition) is 2. The van der Waals surface area contributed by atoms with Crippen molar-refractivity contribution in [2.24, 2.45) is 11.1 Å². The van der Waals surface area contributed by atoms with Crippen LogP contribution in [0.5, 0.6) is 0 Å². The molecule has 2 rings (SSSR count). The number of rotatable bonds is 6. The van der Waals surface area contributed by atoms with Gasteiger partial charge in [-0.25, -0.2) is 4.39 Å². The van der Waals surface area contributed by atoms with Crippen molar-refractivity contribution in [1.29, 1.82) is 0 Å². The first-order valence-electron chi connectivity index (χ1n) is 7.29. The first-order valence-corrected chi connectivity index (χ1v) is 7.29. The lowest BCUT2D eigenvalue weighted by molar-refractivity contribution is -0.114. The Morgan fingerprint density at radius 3 is 2.81 bits per heavy atom. The van der Waals surface area contributed by atoms with Crippen LogP contribution in [0.1, 0.15) is 43.1 Å². The van der Waals surface area contributed by atoms with Gasteiger partial charge in [-0.15, -0.1) is 0 Å². The van der Waals surface area contributed by atoms with Crippen molar-refractivity contribution in [3.8, 4) is 0 Å². The number of nitrogens with two attached hydrogens (primary N) is 1. The summed E-state index contributed by atoms with van der Waals surface area (Å²) in [6.07, 6.45) is 1.15. The van der Waals surface area contributed by atoms with E-state index in [-0.39, 0.29) is 23.4 Å². The molecule has 1 aliphatic rings. The second-order valence-corrected chi connectivity index (χ2v) is 6.10. The molecule has 2 atom stereocenters. The number of nitrogens with one attached hydrogen (secondary N) is 1. The van der Waals surface area contributed by atoms with Crippen LogP contribution in [-0.4, -0.2) is 24.7 Å². The highest BCUT2D eigenvalue weighted by atomic mass is 19.1. The topological polar surface area (TPSA) is 64.3 Å². The Kier molecular flexibility index (Phi) is 4.64. The lowest BCUT2D eigenvalue weighted by atomic mass is 9.64. The lowest BCUT2D eigenvalue weighted by Gasteiger charge is -2.52. The molecule has 4 nitrogen and oxygen atoms in total. The van der Waals surface area contributed by atoms with Crippen LogP contribution in [-0.2, 0) is 11.3 Å². The van der Waals surface area contributed by atoms with Gasteiger partial charge in [-0.3, -0.25) is 4.79 Å². The maximum atomic E-state index is 13.8. The molecule has 0 heterocycles. The molecule has 0 spiro atoms. The number of ether oxygens (including phenoxy) is 1. The van der Waals surface area contributed by atoms with E-state index in [1.807, 2.05) is 6.92 Å². The molecule has 1 amide bonds. The molecule has 0 radical (unpaired) electrons. The molecule has 0 saturated heterocycles. The molecular formula is C16H23FN2O2. The molecule has 0 aromatic heterocycles. The summed E-state index contributed by atoms with van der Waals surface area (Å²) in [6, 6.07) is 4.47. The molecular weight excluding hydrogens is 271 g/mol. The van der Waals surface area contributed by atoms with E-state index in [2.05, 4.69) is 19.2 Å². The number of hydrogen-bond acceptors (Lipinski definition) is 3. The normalized spacial score (nSPS) is 23.6. The molecule has 1 aromatic carbocycles. The lowest BCUT2D eigenvalue weighted by Crippen LogP contribution is -2.60. The summed E-state index contributed by atoms with van der Waals surface area (Å²) in [6.45, 7) is 7.35. The van der Waals surface area contributed by atoms with E-state index in [1.54, 1.807) is 0 Å². The average molecular weight is 294 g/mol. The predicted molar refractivity (Wildman–Crippen MR) is 79.4 cm³/mol. The van der Waals surface area contributed by atoms with Crippen LogP contribution in [0.15, 0.2) is 18.2 Å². The third kappa shape index (κ3) is 3.24. The Morgan fingerprint density at radius 1 is 1.52 bits per heavy atom. The minimum absolute atomic E-state index is 0.0216. The van der Waals surface area contributed by atoms with Gasteiger partial charge in [-0.1, -0.05) is 13.8 Å². The van der Waals surface area contributed by atoms with Gasteiger partial charge in [0.1, 0.15) is 5.82 Å². The van der Waals surface area contributed by atoms with E-state index >= 15 is 0 Å². The fourth-order valence-corrected chi connectivity index (χ4v) is 2.81. The van der Waals surface area contributed by atoms with Crippen LogP contribution < -0.4 is 11.1 Å². The fraction of sp³-hybridized carbons (Fsp3) is 0.562. The minimum atomic E-state index is -0.545. The van der Waals surface area contributed by atoms with Crippen LogP contribution in [0.4, 0.5) is 4.39 Å². The zero-order valence-corrected chi connectivity index (χ0v) is 12.8. The smallest absolute Gasteiger partial charge is 0.248 e. The first-order chi connectivity index (χ1) is 9.86. The van der Waals surface area contributed by atoms with Gasteiger partial charge in [0.05, 0.1) is 6.10 Å². The number of carbonyl (C=O) groups excluding carboxylic acids is 1. The maximum absolute atomic E-state index is 13.8. The zero-order valence-electron chi connectivity index (χ0n) is 12.8. The second kappa shape index (κ2) is 6.12. The van der Waals surface area contributed by atoms with Crippen molar-refractivity contribution in [2.75, 3.05) is 6.61 Å². The number of halogens is 1. The van der Waals surface area contributed by atoms with E-state index in [0.717, 1.165) is 6.42 Å². The molecule has 0 bridgehead atoms. The molecule has 21 heavy (non-hydrogen) atoms. The number of benzene rings is 1. The summed E-state index contributed by atoms with van der Waals surface area (Å²) in [4.78, 5) is 11.2. The molecule has 1 aliphatic carbocycles. The first kappa shape index (κ1) is 15.9. The standard InChI is InChI=1S/C16H23FN2O2/c1-4-21-14-8-13(16(14,2)3)19-9-11-7-10(15(18)20)5-6-12(11)17/h5-7,13-14,19H,4,8-9H2,1-3H3,(H2,18,20). The van der Waals surface area contributed by atoms with Gasteiger partial charge >= 0.3 is 0 Å². The SMILES string of the molecule is CCOC1CC(NCc2cc(C(N)=O)ccc2F)C1(C)C. The van der Waals surface area contributed by atoms with Gasteiger partial charge in [0.25, 0.3) is 0 Å². The molecule has 3 N–H and O–H groups in total. The molecule has 116 valence electrons. The fourth-order valence-electron chi connectivity index (χ4n) is 2.81. The monoisotopic (exact) mass is 294 g/mol. The van der Waals surface area contributed by atoms with E-state index in [4.69, 9.17) is 10.5 Å². The van der Waals surface area contributed by atoms with Crippen molar-refractivity contribution in [3.63, 3.8) is 0 Å². The zero-order chi connectivity index (χ0) is 15.6. The number of carbonyl (C=O) groups is 1. The Hall–Kier alpha value is -1.46. The molecule has 1 aromatic rings. The van der Waals surface area contributed by atoms with Crippen LogP contribution in [0.2, 0.25) is 0 Å². The van der Waals surface area contributed by atoms with E-state index in [0.29, 0.717) is 24.3 Å². The molecule has 0 aliphatic heterocycles. The van der Waals surface area contributed by atoms with Crippen molar-refractivity contribution < 1.29 is 13.9 Å². The van der Waals surface area contributed by atoms with E-state index in [1.165, 1.54) is 18.2 Å². The van der Waals surface area contributed by atoms with Gasteiger partial charge < -0.3 is 15.8 Å². The van der Waals surface area contributed by atoms with Crippen molar-refractivity contribution in [2.45, 2.75) is 45.9 Å². The molecule has 2 unspecified atom stereocenters. The Labute approximate surface area is 124 Å². The quantitative estimate of drug-likeness (QED) is 0.845. The Bertz CT molecular complexity index is 531. The van der Waals surface area contributed by atoms with Crippen molar-refractivity contribution >= 4 is 5.91 Å². The van der Waals surface area contributed by atoms with Crippen LogP contribution in [0, 0.1) is 11.2 Å². The van der Waals surface area contributed by atoms with Gasteiger partial charge in [0, 0.05) is 35.7 Å². The summed E-state index contributed by atoms with van der Waals surface area (Å²) in [5, 5.41) is 3.35. The minimum Gasteiger partial charge on any atom is -0.378 e. The predicted octanol–water partition coefficient (Wildman–Crippen LogP) is 2.22. The summed E-state index contributed by atoms with van der Waals surface area (Å²) in [5.74, 6) is -0.873. The van der Waals surface area contributed by atoms with Crippen LogP contribution in [0.3, 0.4) is 0 Å². The summed E-state index contributed by atoms with van der Waals surface area (Å²) in [5.41, 5.74) is 6.03. The molecule has 1 saturated carbocycles. The molecule has 1 fully saturated rings. The van der Waals surface area contributed by atoms with E-state index in [9.17, 15) is 9.18 Å². The average Bonchev–Trinajstić information content (AvgIpc) is 2.43. The summed E-state index contributed by atoms with van der Waals surface area (Å²) in [7, 11) is 0. The van der Waals surface area contributed by atoms with Crippen molar-refractivity contribution in [3.05, 3.63) is 35.1 Å². The van der Waals surface area contributed by atoms with Crippen LogP contribution >= 0.6 is 0 Å². The van der Waals surface area contributed by atoms with Gasteiger partial charge in [-0.05, 0) is 31.5 Å². The highest BCUT2D eigenvalue weighted by Gasteiger charge is 2.48. The third-order valence-electron chi connectivity index (χ3n) is 4.41. The Morgan fingerprint density at radius 2 is 2.24 bits per heavy atom. The largest absolute Gasteiger partial charge is 0.378 e. The number of primary amides is 1. The van der Waals surface area contributed by atoms with Gasteiger partial charge in [-0.2, -0.15) is 0 Å². The van der Waals surface area contributed by atoms with Crippen LogP contribution in [0.25, 0.3) is 0 Å². The van der Waals surface area contributed by atoms with Crippen molar-refractivity contribution in [1.82, 2.24) is 5.32 Å². The van der Waals surface area contributed by atoms with Gasteiger partial charge in [0.2, 0.25) is 5.91 Å². The summed E-state index contributed by atoms with van der Waals surface area (Å²) >= 11 is 0. The van der Waals surface area contributed by atoms with E-state index < -0.39 is 5.91 Å². The maximum Gasteiger partial charge on any atom is 0.248 e. The summed E-state index contributed by atoms with van der Waals surface area (Å²) < 4.78 is 19.5. The number of amides is 1. The van der Waals surface area contributed by atoms with Gasteiger partial charge in [0.15, 0.2) is 0 Å².